The molecule has 6 heteroatoms. The van der Waals surface area contributed by atoms with Gasteiger partial charge in [-0.25, -0.2) is 4.98 Å². The maximum Gasteiger partial charge on any atom is 0.256 e. The molecule has 0 aliphatic carbocycles. The van der Waals surface area contributed by atoms with E-state index in [-0.39, 0.29) is 11.8 Å². The quantitative estimate of drug-likeness (QED) is 0.788. The molecule has 0 atom stereocenters. The highest BCUT2D eigenvalue weighted by atomic mass is 16.5. The van der Waals surface area contributed by atoms with Gasteiger partial charge in [0.2, 0.25) is 0 Å². The number of aromatic nitrogens is 3. The number of ether oxygens (including phenoxy) is 1. The van der Waals surface area contributed by atoms with Crippen LogP contribution in [0, 0.1) is 6.92 Å². The first-order valence-corrected chi connectivity index (χ1v) is 8.21. The van der Waals surface area contributed by atoms with Gasteiger partial charge in [-0.2, -0.15) is 5.10 Å². The molecule has 6 nitrogen and oxygen atoms in total. The smallest absolute Gasteiger partial charge is 0.256 e. The van der Waals surface area contributed by atoms with Crippen LogP contribution in [0.25, 0.3) is 11.0 Å². The van der Waals surface area contributed by atoms with Crippen LogP contribution in [-0.2, 0) is 7.05 Å². The summed E-state index contributed by atoms with van der Waals surface area (Å²) in [6.07, 6.45) is 0. The van der Waals surface area contributed by atoms with Crippen LogP contribution in [-0.4, -0.2) is 27.8 Å². The topological polar surface area (TPSA) is 69.0 Å². The first-order valence-electron chi connectivity index (χ1n) is 8.21. The molecular weight excluding hydrogens is 316 g/mol. The summed E-state index contributed by atoms with van der Waals surface area (Å²) in [4.78, 5) is 17.7. The lowest BCUT2D eigenvalue weighted by atomic mass is 10.0. The third-order valence-corrected chi connectivity index (χ3v) is 4.18. The first-order chi connectivity index (χ1) is 11.9. The Morgan fingerprint density at radius 2 is 2.00 bits per heavy atom. The fourth-order valence-electron chi connectivity index (χ4n) is 2.88. The number of benzene rings is 1. The molecule has 0 fully saturated rings. The second-order valence-corrected chi connectivity index (χ2v) is 6.31. The summed E-state index contributed by atoms with van der Waals surface area (Å²) in [6.45, 7) is 6.00. The van der Waals surface area contributed by atoms with Gasteiger partial charge in [0.15, 0.2) is 5.65 Å². The number of nitrogens with one attached hydrogen (secondary N) is 1. The number of amides is 1. The molecule has 0 aliphatic rings. The number of hydrogen-bond donors (Lipinski definition) is 1. The van der Waals surface area contributed by atoms with E-state index in [1.807, 2.05) is 44.3 Å². The van der Waals surface area contributed by atoms with Crippen LogP contribution in [0.2, 0.25) is 0 Å². The molecule has 2 aromatic heterocycles. The molecule has 25 heavy (non-hydrogen) atoms. The summed E-state index contributed by atoms with van der Waals surface area (Å²) in [5, 5.41) is 8.14. The SMILES string of the molecule is COc1ccccc1NC(=O)c1cc(C(C)C)nc2c1c(C)nn2C. The molecule has 1 N–H and O–H groups in total. The van der Waals surface area contributed by atoms with Gasteiger partial charge in [-0.1, -0.05) is 26.0 Å². The van der Waals surface area contributed by atoms with E-state index in [2.05, 4.69) is 29.2 Å². The van der Waals surface area contributed by atoms with Crippen LogP contribution in [0.3, 0.4) is 0 Å². The van der Waals surface area contributed by atoms with Crippen molar-refractivity contribution < 1.29 is 9.53 Å². The van der Waals surface area contributed by atoms with E-state index in [1.54, 1.807) is 11.8 Å². The lowest BCUT2D eigenvalue weighted by molar-refractivity contribution is 0.102. The minimum absolute atomic E-state index is 0.199. The molecule has 0 saturated carbocycles. The van der Waals surface area contributed by atoms with Crippen molar-refractivity contribution >= 4 is 22.6 Å². The van der Waals surface area contributed by atoms with Crippen LogP contribution < -0.4 is 10.1 Å². The number of methoxy groups -OCH3 is 1. The van der Waals surface area contributed by atoms with E-state index in [0.29, 0.717) is 22.6 Å². The first kappa shape index (κ1) is 17.0. The van der Waals surface area contributed by atoms with Gasteiger partial charge in [-0.05, 0) is 31.0 Å². The molecule has 0 unspecified atom stereocenters. The summed E-state index contributed by atoms with van der Waals surface area (Å²) in [5.41, 5.74) is 3.57. The average Bonchev–Trinajstić information content (AvgIpc) is 2.89. The maximum atomic E-state index is 13.0. The van der Waals surface area contributed by atoms with Crippen molar-refractivity contribution in [3.63, 3.8) is 0 Å². The van der Waals surface area contributed by atoms with Gasteiger partial charge in [-0.15, -0.1) is 0 Å². The molecule has 130 valence electrons. The molecular formula is C19H22N4O2. The number of fused-ring (bicyclic) bond motifs is 1. The Kier molecular flexibility index (Phi) is 4.44. The van der Waals surface area contributed by atoms with Gasteiger partial charge < -0.3 is 10.1 Å². The predicted octanol–water partition coefficient (Wildman–Crippen LogP) is 3.66. The maximum absolute atomic E-state index is 13.0. The number of hydrogen-bond acceptors (Lipinski definition) is 4. The van der Waals surface area contributed by atoms with E-state index in [4.69, 9.17) is 4.74 Å². The Morgan fingerprint density at radius 3 is 2.68 bits per heavy atom. The molecule has 3 aromatic rings. The lowest BCUT2D eigenvalue weighted by Crippen LogP contribution is -2.14. The lowest BCUT2D eigenvalue weighted by Gasteiger charge is -2.12. The van der Waals surface area contributed by atoms with Crippen molar-refractivity contribution in [2.45, 2.75) is 26.7 Å². The number of pyridine rings is 1. The monoisotopic (exact) mass is 338 g/mol. The van der Waals surface area contributed by atoms with Crippen molar-refractivity contribution in [2.24, 2.45) is 7.05 Å². The fourth-order valence-corrected chi connectivity index (χ4v) is 2.88. The van der Waals surface area contributed by atoms with Gasteiger partial charge >= 0.3 is 0 Å². The molecule has 0 radical (unpaired) electrons. The zero-order valence-electron chi connectivity index (χ0n) is 15.1. The molecule has 0 bridgehead atoms. The van der Waals surface area contributed by atoms with Gasteiger partial charge in [0.05, 0.1) is 29.4 Å². The van der Waals surface area contributed by atoms with Crippen LogP contribution in [0.15, 0.2) is 30.3 Å². The van der Waals surface area contributed by atoms with E-state index >= 15 is 0 Å². The van der Waals surface area contributed by atoms with Gasteiger partial charge in [-0.3, -0.25) is 9.48 Å². The molecule has 0 saturated heterocycles. The van der Waals surface area contributed by atoms with Crippen LogP contribution in [0.5, 0.6) is 5.75 Å². The zero-order valence-corrected chi connectivity index (χ0v) is 15.1. The van der Waals surface area contributed by atoms with Gasteiger partial charge in [0, 0.05) is 12.7 Å². The average molecular weight is 338 g/mol. The number of carbonyl (C=O) groups excluding carboxylic acids is 1. The molecule has 1 aromatic carbocycles. The molecule has 3 rings (SSSR count). The van der Waals surface area contributed by atoms with Crippen molar-refractivity contribution in [2.75, 3.05) is 12.4 Å². The normalized spacial score (nSPS) is 11.1. The number of para-hydroxylation sites is 2. The molecule has 0 spiro atoms. The second kappa shape index (κ2) is 6.55. The fraction of sp³-hybridized carbons (Fsp3) is 0.316. The van der Waals surface area contributed by atoms with Crippen molar-refractivity contribution in [3.05, 3.63) is 47.3 Å². The van der Waals surface area contributed by atoms with E-state index in [0.717, 1.165) is 16.8 Å². The van der Waals surface area contributed by atoms with Crippen molar-refractivity contribution in [1.29, 1.82) is 0 Å². The largest absolute Gasteiger partial charge is 0.495 e. The number of aryl methyl sites for hydroxylation is 2. The summed E-state index contributed by atoms with van der Waals surface area (Å²) in [5.74, 6) is 0.625. The Labute approximate surface area is 146 Å². The van der Waals surface area contributed by atoms with E-state index < -0.39 is 0 Å². The van der Waals surface area contributed by atoms with Crippen molar-refractivity contribution in [3.8, 4) is 5.75 Å². The summed E-state index contributed by atoms with van der Waals surface area (Å²) >= 11 is 0. The Morgan fingerprint density at radius 1 is 1.28 bits per heavy atom. The minimum Gasteiger partial charge on any atom is -0.495 e. The van der Waals surface area contributed by atoms with Gasteiger partial charge in [0.1, 0.15) is 5.75 Å². The van der Waals surface area contributed by atoms with Crippen LogP contribution in [0.1, 0.15) is 41.5 Å². The van der Waals surface area contributed by atoms with Crippen molar-refractivity contribution in [1.82, 2.24) is 14.8 Å². The highest BCUT2D eigenvalue weighted by Crippen LogP contribution is 2.28. The van der Waals surface area contributed by atoms with E-state index in [1.165, 1.54) is 0 Å². The summed E-state index contributed by atoms with van der Waals surface area (Å²) in [6, 6.07) is 9.20. The minimum atomic E-state index is -0.199. The second-order valence-electron chi connectivity index (χ2n) is 6.31. The number of rotatable bonds is 4. The zero-order chi connectivity index (χ0) is 18.1. The van der Waals surface area contributed by atoms with Crippen LogP contribution >= 0.6 is 0 Å². The van der Waals surface area contributed by atoms with Gasteiger partial charge in [0.25, 0.3) is 5.91 Å². The highest BCUT2D eigenvalue weighted by Gasteiger charge is 2.20. The molecule has 0 aliphatic heterocycles. The standard InChI is InChI=1S/C19H22N4O2/c1-11(2)15-10-13(17-12(3)22-23(4)18(17)20-15)19(24)21-14-8-6-7-9-16(14)25-5/h6-11H,1-5H3,(H,21,24). The number of anilines is 1. The molecule has 2 heterocycles. The Hall–Kier alpha value is -2.89. The van der Waals surface area contributed by atoms with E-state index in [9.17, 15) is 4.79 Å². The third kappa shape index (κ3) is 3.07. The predicted molar refractivity (Wildman–Crippen MR) is 98.3 cm³/mol. The highest BCUT2D eigenvalue weighted by molar-refractivity contribution is 6.13. The summed E-state index contributed by atoms with van der Waals surface area (Å²) in [7, 11) is 3.42. The summed E-state index contributed by atoms with van der Waals surface area (Å²) < 4.78 is 7.03. The Balaban J connectivity index is 2.12. The Bertz CT molecular complexity index is 944. The number of carbonyl (C=O) groups is 1. The molecule has 1 amide bonds. The third-order valence-electron chi connectivity index (χ3n) is 4.18. The number of nitrogens with zero attached hydrogens (tertiary/aromatic N) is 3. The van der Waals surface area contributed by atoms with Crippen LogP contribution in [0.4, 0.5) is 5.69 Å².